The van der Waals surface area contributed by atoms with Crippen molar-refractivity contribution in [3.63, 3.8) is 0 Å². The smallest absolute Gasteiger partial charge is 0.0146 e. The molecule has 0 aromatic heterocycles. The molecular weight excluding hydrogens is 186 g/mol. The zero-order valence-corrected chi connectivity index (χ0v) is 10.2. The van der Waals surface area contributed by atoms with E-state index in [0.29, 0.717) is 0 Å². The van der Waals surface area contributed by atoms with Gasteiger partial charge in [-0.2, -0.15) is 0 Å². The fourth-order valence-corrected chi connectivity index (χ4v) is 2.94. The first-order chi connectivity index (χ1) is 7.27. The van der Waals surface area contributed by atoms with Gasteiger partial charge in [0.2, 0.25) is 0 Å². The maximum absolute atomic E-state index is 3.49. The van der Waals surface area contributed by atoms with Gasteiger partial charge in [-0.25, -0.2) is 0 Å². The van der Waals surface area contributed by atoms with Crippen LogP contribution in [0.3, 0.4) is 0 Å². The minimum atomic E-state index is 0.821. The molecule has 0 saturated carbocycles. The van der Waals surface area contributed by atoms with E-state index in [4.69, 9.17) is 0 Å². The van der Waals surface area contributed by atoms with Gasteiger partial charge in [0.1, 0.15) is 0 Å². The third-order valence-corrected chi connectivity index (χ3v) is 3.96. The van der Waals surface area contributed by atoms with Crippen molar-refractivity contribution in [2.45, 2.75) is 25.8 Å². The summed E-state index contributed by atoms with van der Waals surface area (Å²) in [6.45, 7) is 9.90. The van der Waals surface area contributed by atoms with E-state index < -0.39 is 0 Å². The summed E-state index contributed by atoms with van der Waals surface area (Å²) in [4.78, 5) is 5.20. The minimum absolute atomic E-state index is 0.821. The lowest BCUT2D eigenvalue weighted by Crippen LogP contribution is -2.49. The summed E-state index contributed by atoms with van der Waals surface area (Å²) in [6.07, 6.45) is 2.68. The molecule has 2 saturated heterocycles. The molecular formula is C12H25N3. The molecule has 0 bridgehead atoms. The number of rotatable bonds is 1. The molecule has 2 unspecified atom stereocenters. The average Bonchev–Trinajstić information content (AvgIpc) is 2.44. The van der Waals surface area contributed by atoms with Gasteiger partial charge in [-0.15, -0.1) is 0 Å². The van der Waals surface area contributed by atoms with Crippen molar-refractivity contribution in [2.24, 2.45) is 5.92 Å². The van der Waals surface area contributed by atoms with Gasteiger partial charge < -0.3 is 10.2 Å². The van der Waals surface area contributed by atoms with Gasteiger partial charge in [0.25, 0.3) is 0 Å². The number of likely N-dealkylation sites (N-methyl/N-ethyl adjacent to an activating group) is 1. The number of nitrogens with one attached hydrogen (secondary N) is 1. The maximum atomic E-state index is 3.49. The van der Waals surface area contributed by atoms with Crippen LogP contribution in [0.15, 0.2) is 0 Å². The molecule has 2 fully saturated rings. The summed E-state index contributed by atoms with van der Waals surface area (Å²) in [5.74, 6) is 0.821. The molecule has 0 aromatic rings. The Morgan fingerprint density at radius 3 is 2.80 bits per heavy atom. The van der Waals surface area contributed by atoms with E-state index in [1.807, 2.05) is 0 Å². The molecule has 0 aliphatic carbocycles. The fourth-order valence-electron chi connectivity index (χ4n) is 2.94. The van der Waals surface area contributed by atoms with Crippen LogP contribution in [-0.4, -0.2) is 62.2 Å². The average molecular weight is 211 g/mol. The van der Waals surface area contributed by atoms with Gasteiger partial charge in [0.05, 0.1) is 0 Å². The van der Waals surface area contributed by atoms with Gasteiger partial charge in [0, 0.05) is 19.1 Å². The Balaban J connectivity index is 1.90. The lowest BCUT2D eigenvalue weighted by molar-refractivity contribution is 0.124. The van der Waals surface area contributed by atoms with Crippen LogP contribution in [0.25, 0.3) is 0 Å². The van der Waals surface area contributed by atoms with E-state index in [0.717, 1.165) is 12.0 Å². The monoisotopic (exact) mass is 211 g/mol. The Labute approximate surface area is 93.8 Å². The van der Waals surface area contributed by atoms with Crippen LogP contribution in [0.5, 0.6) is 0 Å². The Kier molecular flexibility index (Phi) is 4.00. The highest BCUT2D eigenvalue weighted by Gasteiger charge is 2.27. The third kappa shape index (κ3) is 2.92. The second-order valence-electron chi connectivity index (χ2n) is 5.23. The molecule has 2 heterocycles. The van der Waals surface area contributed by atoms with Crippen LogP contribution in [0.4, 0.5) is 0 Å². The first kappa shape index (κ1) is 11.4. The molecule has 2 atom stereocenters. The minimum Gasteiger partial charge on any atom is -0.316 e. The Bertz CT molecular complexity index is 195. The van der Waals surface area contributed by atoms with Crippen molar-refractivity contribution in [2.75, 3.05) is 46.3 Å². The lowest BCUT2D eigenvalue weighted by atomic mass is 9.93. The van der Waals surface area contributed by atoms with Crippen LogP contribution in [-0.2, 0) is 0 Å². The van der Waals surface area contributed by atoms with E-state index >= 15 is 0 Å². The summed E-state index contributed by atoms with van der Waals surface area (Å²) in [5, 5.41) is 3.49. The number of hydrogen-bond donors (Lipinski definition) is 1. The summed E-state index contributed by atoms with van der Waals surface area (Å²) >= 11 is 0. The van der Waals surface area contributed by atoms with Crippen LogP contribution >= 0.6 is 0 Å². The number of nitrogens with zero attached hydrogens (tertiary/aromatic N) is 2. The maximum Gasteiger partial charge on any atom is 0.0146 e. The SMILES string of the molecule is CC1CNCCC1N1CCCN(C)CC1. The summed E-state index contributed by atoms with van der Waals surface area (Å²) in [7, 11) is 2.25. The first-order valence-electron chi connectivity index (χ1n) is 6.40. The number of piperidine rings is 1. The molecule has 2 rings (SSSR count). The molecule has 15 heavy (non-hydrogen) atoms. The van der Waals surface area contributed by atoms with Crippen molar-refractivity contribution < 1.29 is 0 Å². The van der Waals surface area contributed by atoms with Gasteiger partial charge in [-0.1, -0.05) is 6.92 Å². The topological polar surface area (TPSA) is 18.5 Å². The van der Waals surface area contributed by atoms with Crippen molar-refractivity contribution in [3.8, 4) is 0 Å². The van der Waals surface area contributed by atoms with Gasteiger partial charge in [-0.05, 0) is 52.0 Å². The lowest BCUT2D eigenvalue weighted by Gasteiger charge is -2.38. The van der Waals surface area contributed by atoms with E-state index in [-0.39, 0.29) is 0 Å². The molecule has 3 nitrogen and oxygen atoms in total. The van der Waals surface area contributed by atoms with Gasteiger partial charge >= 0.3 is 0 Å². The standard InChI is InChI=1S/C12H25N3/c1-11-10-13-5-4-12(11)15-7-3-6-14(2)8-9-15/h11-13H,3-10H2,1-2H3. The van der Waals surface area contributed by atoms with Crippen molar-refractivity contribution in [3.05, 3.63) is 0 Å². The van der Waals surface area contributed by atoms with Gasteiger partial charge in [-0.3, -0.25) is 4.90 Å². The van der Waals surface area contributed by atoms with E-state index in [1.165, 1.54) is 52.1 Å². The molecule has 2 aliphatic rings. The highest BCUT2D eigenvalue weighted by molar-refractivity contribution is 4.84. The molecule has 88 valence electrons. The first-order valence-corrected chi connectivity index (χ1v) is 6.40. The summed E-state index contributed by atoms with van der Waals surface area (Å²) in [6, 6.07) is 0.831. The molecule has 0 spiro atoms. The summed E-state index contributed by atoms with van der Waals surface area (Å²) < 4.78 is 0. The predicted molar refractivity (Wildman–Crippen MR) is 64.1 cm³/mol. The second kappa shape index (κ2) is 5.28. The Morgan fingerprint density at radius 2 is 2.00 bits per heavy atom. The summed E-state index contributed by atoms with van der Waals surface area (Å²) in [5.41, 5.74) is 0. The number of hydrogen-bond acceptors (Lipinski definition) is 3. The molecule has 0 amide bonds. The van der Waals surface area contributed by atoms with Crippen LogP contribution in [0.1, 0.15) is 19.8 Å². The molecule has 0 aromatic carbocycles. The normalized spacial score (nSPS) is 36.4. The Morgan fingerprint density at radius 1 is 1.13 bits per heavy atom. The third-order valence-electron chi connectivity index (χ3n) is 3.96. The molecule has 2 aliphatic heterocycles. The zero-order chi connectivity index (χ0) is 10.7. The van der Waals surface area contributed by atoms with E-state index in [9.17, 15) is 0 Å². The van der Waals surface area contributed by atoms with Crippen molar-refractivity contribution in [1.82, 2.24) is 15.1 Å². The fraction of sp³-hybridized carbons (Fsp3) is 1.00. The highest BCUT2D eigenvalue weighted by Crippen LogP contribution is 2.19. The quantitative estimate of drug-likeness (QED) is 0.686. The second-order valence-corrected chi connectivity index (χ2v) is 5.23. The zero-order valence-electron chi connectivity index (χ0n) is 10.2. The highest BCUT2D eigenvalue weighted by atomic mass is 15.2. The van der Waals surface area contributed by atoms with E-state index in [1.54, 1.807) is 0 Å². The van der Waals surface area contributed by atoms with Gasteiger partial charge in [0.15, 0.2) is 0 Å². The van der Waals surface area contributed by atoms with Crippen LogP contribution < -0.4 is 5.32 Å². The predicted octanol–water partition coefficient (Wildman–Crippen LogP) is 0.622. The van der Waals surface area contributed by atoms with Crippen molar-refractivity contribution >= 4 is 0 Å². The molecule has 0 radical (unpaired) electrons. The van der Waals surface area contributed by atoms with Crippen molar-refractivity contribution in [1.29, 1.82) is 0 Å². The van der Waals surface area contributed by atoms with E-state index in [2.05, 4.69) is 29.1 Å². The largest absolute Gasteiger partial charge is 0.316 e. The van der Waals surface area contributed by atoms with Crippen LogP contribution in [0, 0.1) is 5.92 Å². The molecule has 1 N–H and O–H groups in total. The Hall–Kier alpha value is -0.120. The molecule has 3 heteroatoms. The van der Waals surface area contributed by atoms with Crippen LogP contribution in [0.2, 0.25) is 0 Å².